The molecule has 2 rings (SSSR count). The Morgan fingerprint density at radius 2 is 1.50 bits per heavy atom. The van der Waals surface area contributed by atoms with Gasteiger partial charge in [-0.2, -0.15) is 0 Å². The van der Waals surface area contributed by atoms with Crippen molar-refractivity contribution in [1.82, 2.24) is 5.32 Å². The molecule has 1 unspecified atom stereocenters. The van der Waals surface area contributed by atoms with Crippen LogP contribution in [0.2, 0.25) is 0 Å². The van der Waals surface area contributed by atoms with Gasteiger partial charge in [0.15, 0.2) is 0 Å². The van der Waals surface area contributed by atoms with Crippen LogP contribution in [-0.2, 0) is 15.0 Å². The molecule has 1 amide bonds. The van der Waals surface area contributed by atoms with E-state index in [0.29, 0.717) is 0 Å². The third-order valence-electron chi connectivity index (χ3n) is 4.71. The molecule has 0 bridgehead atoms. The van der Waals surface area contributed by atoms with Crippen molar-refractivity contribution in [3.8, 4) is 0 Å². The number of benzene rings is 2. The molecule has 0 saturated heterocycles. The summed E-state index contributed by atoms with van der Waals surface area (Å²) in [6, 6.07) is 20.0. The van der Waals surface area contributed by atoms with Crippen LogP contribution in [-0.4, -0.2) is 23.0 Å². The molecule has 0 saturated carbocycles. The van der Waals surface area contributed by atoms with E-state index in [2.05, 4.69) is 43.4 Å². The number of nitrogens with one attached hydrogen (secondary N) is 1. The Morgan fingerprint density at radius 1 is 1.00 bits per heavy atom. The van der Waals surface area contributed by atoms with Crippen molar-refractivity contribution in [3.05, 3.63) is 83.9 Å². The van der Waals surface area contributed by atoms with Gasteiger partial charge in [0.2, 0.25) is 5.91 Å². The number of carbonyl (C=O) groups excluding carboxylic acids is 1. The number of carboxylic acids is 1. The number of rotatable bonds is 8. The molecule has 0 radical (unpaired) electrons. The van der Waals surface area contributed by atoms with E-state index in [1.54, 1.807) is 0 Å². The summed E-state index contributed by atoms with van der Waals surface area (Å²) in [7, 11) is 0. The maximum atomic E-state index is 12.3. The highest BCUT2D eigenvalue weighted by atomic mass is 16.4. The summed E-state index contributed by atoms with van der Waals surface area (Å²) < 4.78 is 0. The van der Waals surface area contributed by atoms with Gasteiger partial charge in [0.05, 0.1) is 0 Å². The fourth-order valence-corrected chi connectivity index (χ4v) is 3.30. The number of amides is 1. The van der Waals surface area contributed by atoms with Crippen molar-refractivity contribution in [2.45, 2.75) is 38.1 Å². The molecule has 4 nitrogen and oxygen atoms in total. The van der Waals surface area contributed by atoms with E-state index >= 15 is 0 Å². The molecule has 0 fully saturated rings. The fourth-order valence-electron chi connectivity index (χ4n) is 3.30. The van der Waals surface area contributed by atoms with Crippen molar-refractivity contribution in [3.63, 3.8) is 0 Å². The molecular weight excluding hydrogens is 326 g/mol. The average Bonchev–Trinajstić information content (AvgIpc) is 2.67. The highest BCUT2D eigenvalue weighted by molar-refractivity contribution is 5.94. The molecule has 26 heavy (non-hydrogen) atoms. The van der Waals surface area contributed by atoms with Crippen molar-refractivity contribution in [2.75, 3.05) is 0 Å². The van der Waals surface area contributed by atoms with E-state index in [1.165, 1.54) is 0 Å². The first-order chi connectivity index (χ1) is 12.5. The van der Waals surface area contributed by atoms with Gasteiger partial charge in [-0.05, 0) is 24.5 Å². The van der Waals surface area contributed by atoms with Gasteiger partial charge in [0.25, 0.3) is 0 Å². The number of aliphatic carboxylic acids is 1. The minimum absolute atomic E-state index is 0.178. The molecule has 0 aromatic heterocycles. The maximum absolute atomic E-state index is 12.3. The summed E-state index contributed by atoms with van der Waals surface area (Å²) >= 11 is 0. The van der Waals surface area contributed by atoms with Gasteiger partial charge in [-0.3, -0.25) is 4.79 Å². The van der Waals surface area contributed by atoms with Crippen molar-refractivity contribution in [1.29, 1.82) is 0 Å². The first kappa shape index (κ1) is 19.4. The fraction of sp³-hybridized carbons (Fsp3) is 0.273. The van der Waals surface area contributed by atoms with Crippen LogP contribution < -0.4 is 5.32 Å². The smallest absolute Gasteiger partial charge is 0.328 e. The Bertz CT molecular complexity index is 714. The van der Waals surface area contributed by atoms with Crippen LogP contribution >= 0.6 is 0 Å². The number of carboxylic acid groups (broad SMARTS) is 1. The Morgan fingerprint density at radius 3 is 1.92 bits per heavy atom. The molecule has 4 heteroatoms. The molecule has 2 N–H and O–H groups in total. The zero-order chi connectivity index (χ0) is 19.0. The summed E-state index contributed by atoms with van der Waals surface area (Å²) in [5.41, 5.74) is 1.77. The van der Waals surface area contributed by atoms with Gasteiger partial charge in [0.1, 0.15) is 0 Å². The first-order valence-corrected chi connectivity index (χ1v) is 8.81. The molecule has 2 aromatic carbocycles. The average molecular weight is 351 g/mol. The van der Waals surface area contributed by atoms with Crippen LogP contribution in [0, 0.1) is 0 Å². The van der Waals surface area contributed by atoms with Crippen LogP contribution in [0.4, 0.5) is 0 Å². The van der Waals surface area contributed by atoms with E-state index in [0.717, 1.165) is 36.1 Å². The predicted octanol–water partition coefficient (Wildman–Crippen LogP) is 3.92. The molecule has 0 aliphatic carbocycles. The van der Waals surface area contributed by atoms with E-state index in [4.69, 9.17) is 5.11 Å². The van der Waals surface area contributed by atoms with Crippen LogP contribution in [0.25, 0.3) is 0 Å². The predicted molar refractivity (Wildman–Crippen MR) is 103 cm³/mol. The molecule has 1 atom stereocenters. The quantitative estimate of drug-likeness (QED) is 0.709. The molecule has 0 heterocycles. The lowest BCUT2D eigenvalue weighted by Crippen LogP contribution is -2.49. The number of carbonyl (C=O) groups is 2. The second kappa shape index (κ2) is 8.99. The second-order valence-electron chi connectivity index (χ2n) is 6.46. The second-order valence-corrected chi connectivity index (χ2v) is 6.46. The van der Waals surface area contributed by atoms with E-state index < -0.39 is 17.3 Å². The van der Waals surface area contributed by atoms with Crippen LogP contribution in [0.3, 0.4) is 0 Å². The number of hydrogen-bond acceptors (Lipinski definition) is 2. The topological polar surface area (TPSA) is 66.4 Å². The Labute approximate surface area is 154 Å². The summed E-state index contributed by atoms with van der Waals surface area (Å²) in [4.78, 5) is 23.0. The zero-order valence-electron chi connectivity index (χ0n) is 15.2. The highest BCUT2D eigenvalue weighted by Gasteiger charge is 2.37. The van der Waals surface area contributed by atoms with E-state index in [1.807, 2.05) is 36.4 Å². The lowest BCUT2D eigenvalue weighted by atomic mass is 9.69. The van der Waals surface area contributed by atoms with Crippen LogP contribution in [0.5, 0.6) is 0 Å². The highest BCUT2D eigenvalue weighted by Crippen LogP contribution is 2.37. The molecule has 0 spiro atoms. The van der Waals surface area contributed by atoms with Gasteiger partial charge in [0, 0.05) is 23.6 Å². The summed E-state index contributed by atoms with van der Waals surface area (Å²) in [6.45, 7) is 4.20. The Hall–Kier alpha value is -2.88. The summed E-state index contributed by atoms with van der Waals surface area (Å²) in [5.74, 6) is -1.54. The van der Waals surface area contributed by atoms with Gasteiger partial charge in [-0.25, -0.2) is 4.79 Å². The summed E-state index contributed by atoms with van der Waals surface area (Å²) in [5, 5.41) is 11.8. The molecular formula is C22H25NO3. The largest absolute Gasteiger partial charge is 0.478 e. The maximum Gasteiger partial charge on any atom is 0.328 e. The van der Waals surface area contributed by atoms with Crippen molar-refractivity contribution >= 4 is 11.9 Å². The number of hydrogen-bond donors (Lipinski definition) is 2. The first-order valence-electron chi connectivity index (χ1n) is 8.81. The van der Waals surface area contributed by atoms with Gasteiger partial charge < -0.3 is 10.4 Å². The third-order valence-corrected chi connectivity index (χ3v) is 4.71. The minimum Gasteiger partial charge on any atom is -0.478 e. The SMILES string of the molecule is CCCC(NC(=O)/C=C\C(=O)O)C(C)(c1ccccc1)c1ccccc1. The van der Waals surface area contributed by atoms with Gasteiger partial charge in [-0.15, -0.1) is 0 Å². The molecule has 2 aromatic rings. The Balaban J connectivity index is 2.46. The summed E-state index contributed by atoms with van der Waals surface area (Å²) in [6.07, 6.45) is 3.60. The van der Waals surface area contributed by atoms with Crippen molar-refractivity contribution in [2.24, 2.45) is 0 Å². The minimum atomic E-state index is -1.14. The van der Waals surface area contributed by atoms with Gasteiger partial charge >= 0.3 is 5.97 Å². The lowest BCUT2D eigenvalue weighted by molar-refractivity contribution is -0.131. The van der Waals surface area contributed by atoms with E-state index in [9.17, 15) is 9.59 Å². The Kier molecular flexibility index (Phi) is 6.73. The van der Waals surface area contributed by atoms with Crippen LogP contribution in [0.1, 0.15) is 37.8 Å². The monoisotopic (exact) mass is 351 g/mol. The van der Waals surface area contributed by atoms with E-state index in [-0.39, 0.29) is 6.04 Å². The lowest BCUT2D eigenvalue weighted by Gasteiger charge is -2.39. The molecule has 0 aliphatic rings. The van der Waals surface area contributed by atoms with Crippen LogP contribution in [0.15, 0.2) is 72.8 Å². The normalized spacial score (nSPS) is 12.7. The molecule has 0 aliphatic heterocycles. The molecule has 136 valence electrons. The van der Waals surface area contributed by atoms with Gasteiger partial charge in [-0.1, -0.05) is 74.0 Å². The standard InChI is InChI=1S/C22H25NO3/c1-3-10-19(23-20(24)15-16-21(25)26)22(2,17-11-6-4-7-12-17)18-13-8-5-9-14-18/h4-9,11-16,19H,3,10H2,1-2H3,(H,23,24)(H,25,26)/b16-15-. The zero-order valence-corrected chi connectivity index (χ0v) is 15.2. The van der Waals surface area contributed by atoms with Crippen molar-refractivity contribution < 1.29 is 14.7 Å². The third kappa shape index (κ3) is 4.60.